The van der Waals surface area contributed by atoms with Gasteiger partial charge in [0.2, 0.25) is 11.8 Å². The van der Waals surface area contributed by atoms with E-state index in [1.54, 1.807) is 0 Å². The summed E-state index contributed by atoms with van der Waals surface area (Å²) in [5.41, 5.74) is 0. The van der Waals surface area contributed by atoms with Gasteiger partial charge in [-0.05, 0) is 38.5 Å². The second-order valence-corrected chi connectivity index (χ2v) is 8.10. The zero-order valence-electron chi connectivity index (χ0n) is 16.9. The van der Waals surface area contributed by atoms with Crippen LogP contribution in [0.3, 0.4) is 0 Å². The van der Waals surface area contributed by atoms with Gasteiger partial charge in [-0.1, -0.05) is 38.5 Å². The number of amides is 2. The first kappa shape index (κ1) is 21.2. The molecule has 2 aliphatic carbocycles. The van der Waals surface area contributed by atoms with E-state index in [9.17, 15) is 9.59 Å². The largest absolute Gasteiger partial charge is 0.372 e. The van der Waals surface area contributed by atoms with Gasteiger partial charge in [0.1, 0.15) is 6.61 Å². The van der Waals surface area contributed by atoms with Crippen molar-refractivity contribution in [3.05, 3.63) is 0 Å². The summed E-state index contributed by atoms with van der Waals surface area (Å²) in [5, 5.41) is 0. The average Bonchev–Trinajstić information content (AvgIpc) is 2.70. The van der Waals surface area contributed by atoms with Gasteiger partial charge >= 0.3 is 0 Å². The fourth-order valence-electron chi connectivity index (χ4n) is 4.26. The smallest absolute Gasteiger partial charge is 0.248 e. The van der Waals surface area contributed by atoms with Gasteiger partial charge in [0.25, 0.3) is 0 Å². The van der Waals surface area contributed by atoms with Crippen LogP contribution in [0, 0.1) is 0 Å². The molecule has 5 heteroatoms. The minimum absolute atomic E-state index is 0.0880. The molecule has 5 nitrogen and oxygen atoms in total. The van der Waals surface area contributed by atoms with E-state index in [-0.39, 0.29) is 18.4 Å². The predicted octanol–water partition coefficient (Wildman–Crippen LogP) is 3.76. The molecule has 0 heterocycles. The maximum absolute atomic E-state index is 12.3. The van der Waals surface area contributed by atoms with Gasteiger partial charge in [-0.3, -0.25) is 9.59 Å². The van der Waals surface area contributed by atoms with E-state index in [0.29, 0.717) is 25.1 Å². The van der Waals surface area contributed by atoms with E-state index in [0.717, 1.165) is 38.5 Å². The third-order valence-corrected chi connectivity index (χ3v) is 6.19. The third kappa shape index (κ3) is 6.90. The normalized spacial score (nSPS) is 19.3. The quantitative estimate of drug-likeness (QED) is 0.584. The number of hydrogen-bond donors (Lipinski definition) is 0. The molecule has 0 atom stereocenters. The Labute approximate surface area is 159 Å². The lowest BCUT2D eigenvalue weighted by Crippen LogP contribution is -2.40. The number of carbonyl (C=O) groups excluding carboxylic acids is 2. The Morgan fingerprint density at radius 1 is 0.769 bits per heavy atom. The molecular weight excluding hydrogens is 328 g/mol. The van der Waals surface area contributed by atoms with E-state index in [4.69, 9.17) is 4.74 Å². The molecule has 150 valence electrons. The van der Waals surface area contributed by atoms with E-state index in [2.05, 4.69) is 0 Å². The van der Waals surface area contributed by atoms with E-state index < -0.39 is 0 Å². The molecule has 0 aromatic heterocycles. The first-order valence-corrected chi connectivity index (χ1v) is 10.7. The van der Waals surface area contributed by atoms with Crippen LogP contribution >= 0.6 is 0 Å². The minimum atomic E-state index is 0.0880. The van der Waals surface area contributed by atoms with Crippen LogP contribution in [-0.2, 0) is 14.3 Å². The molecule has 0 N–H and O–H groups in total. The summed E-state index contributed by atoms with van der Waals surface area (Å²) in [4.78, 5) is 28.3. The van der Waals surface area contributed by atoms with Gasteiger partial charge in [-0.15, -0.1) is 0 Å². The molecule has 2 aliphatic rings. The van der Waals surface area contributed by atoms with Crippen molar-refractivity contribution in [1.29, 1.82) is 0 Å². The third-order valence-electron chi connectivity index (χ3n) is 6.19. The lowest BCUT2D eigenvalue weighted by Gasteiger charge is -2.31. The lowest BCUT2D eigenvalue weighted by atomic mass is 9.94. The summed E-state index contributed by atoms with van der Waals surface area (Å²) in [6.45, 7) is 0.730. The Bertz CT molecular complexity index is 389. The van der Waals surface area contributed by atoms with Gasteiger partial charge in [0.15, 0.2) is 0 Å². The number of nitrogens with zero attached hydrogens (tertiary/aromatic N) is 2. The van der Waals surface area contributed by atoms with Crippen LogP contribution in [0.4, 0.5) is 0 Å². The fraction of sp³-hybridized carbons (Fsp3) is 0.905. The molecule has 0 unspecified atom stereocenters. The van der Waals surface area contributed by atoms with Crippen molar-refractivity contribution in [1.82, 2.24) is 9.80 Å². The summed E-state index contributed by atoms with van der Waals surface area (Å²) in [6.07, 6.45) is 14.4. The molecule has 0 aromatic carbocycles. The van der Waals surface area contributed by atoms with Crippen molar-refractivity contribution in [3.8, 4) is 0 Å². The van der Waals surface area contributed by atoms with E-state index in [1.807, 2.05) is 23.9 Å². The number of ether oxygens (including phenoxy) is 1. The lowest BCUT2D eigenvalue weighted by molar-refractivity contribution is -0.138. The Morgan fingerprint density at radius 3 is 1.81 bits per heavy atom. The first-order valence-electron chi connectivity index (χ1n) is 10.7. The van der Waals surface area contributed by atoms with Crippen LogP contribution in [0.15, 0.2) is 0 Å². The fourth-order valence-corrected chi connectivity index (χ4v) is 4.26. The van der Waals surface area contributed by atoms with Crippen LogP contribution < -0.4 is 0 Å². The Balaban J connectivity index is 1.51. The molecule has 2 saturated carbocycles. The summed E-state index contributed by atoms with van der Waals surface area (Å²) < 4.78 is 5.55. The second-order valence-electron chi connectivity index (χ2n) is 8.10. The van der Waals surface area contributed by atoms with Crippen LogP contribution in [0.5, 0.6) is 0 Å². The number of carbonyl (C=O) groups is 2. The van der Waals surface area contributed by atoms with Crippen LogP contribution in [0.25, 0.3) is 0 Å². The highest BCUT2D eigenvalue weighted by Gasteiger charge is 2.22. The van der Waals surface area contributed by atoms with Gasteiger partial charge in [-0.2, -0.15) is 0 Å². The summed E-state index contributed by atoms with van der Waals surface area (Å²) in [5.74, 6) is 0.343. The maximum Gasteiger partial charge on any atom is 0.248 e. The highest BCUT2D eigenvalue weighted by atomic mass is 16.5. The number of unbranched alkanes of at least 4 members (excludes halogenated alkanes) is 1. The molecule has 0 aliphatic heterocycles. The van der Waals surface area contributed by atoms with Gasteiger partial charge in [0.05, 0.1) is 0 Å². The Morgan fingerprint density at radius 2 is 1.27 bits per heavy atom. The molecule has 2 amide bonds. The summed E-state index contributed by atoms with van der Waals surface area (Å²) in [6, 6.07) is 0.841. The zero-order valence-corrected chi connectivity index (χ0v) is 16.9. The van der Waals surface area contributed by atoms with Crippen molar-refractivity contribution in [2.75, 3.05) is 27.3 Å². The second kappa shape index (κ2) is 11.6. The van der Waals surface area contributed by atoms with Crippen molar-refractivity contribution >= 4 is 11.8 Å². The molecule has 0 aromatic rings. The standard InChI is InChI=1S/C21H38N2O3/c1-22(18-11-5-3-6-12-18)20(24)15-9-10-16-26-17-21(25)23(2)19-13-7-4-8-14-19/h18-19H,3-17H2,1-2H3. The molecule has 0 spiro atoms. The van der Waals surface area contributed by atoms with Crippen molar-refractivity contribution in [2.24, 2.45) is 0 Å². The van der Waals surface area contributed by atoms with Crippen molar-refractivity contribution < 1.29 is 14.3 Å². The van der Waals surface area contributed by atoms with Crippen LogP contribution in [-0.4, -0.2) is 61.0 Å². The molecule has 26 heavy (non-hydrogen) atoms. The van der Waals surface area contributed by atoms with Gasteiger partial charge in [-0.25, -0.2) is 0 Å². The van der Waals surface area contributed by atoms with Gasteiger partial charge in [0, 0.05) is 39.2 Å². The first-order chi connectivity index (χ1) is 12.6. The SMILES string of the molecule is CN(C(=O)CCCCOCC(=O)N(C)C1CCCCC1)C1CCCCC1. The monoisotopic (exact) mass is 366 g/mol. The molecule has 2 fully saturated rings. The predicted molar refractivity (Wildman–Crippen MR) is 104 cm³/mol. The molecule has 2 rings (SSSR count). The molecule has 0 radical (unpaired) electrons. The topological polar surface area (TPSA) is 49.9 Å². The Hall–Kier alpha value is -1.10. The van der Waals surface area contributed by atoms with Crippen LogP contribution in [0.2, 0.25) is 0 Å². The van der Waals surface area contributed by atoms with E-state index in [1.165, 1.54) is 38.5 Å². The van der Waals surface area contributed by atoms with Gasteiger partial charge < -0.3 is 14.5 Å². The molecular formula is C21H38N2O3. The molecule has 0 saturated heterocycles. The highest BCUT2D eigenvalue weighted by molar-refractivity contribution is 5.77. The number of hydrogen-bond acceptors (Lipinski definition) is 3. The Kier molecular flexibility index (Phi) is 9.44. The van der Waals surface area contributed by atoms with Crippen molar-refractivity contribution in [2.45, 2.75) is 95.6 Å². The molecule has 0 bridgehead atoms. The summed E-state index contributed by atoms with van der Waals surface area (Å²) in [7, 11) is 3.86. The minimum Gasteiger partial charge on any atom is -0.372 e. The van der Waals surface area contributed by atoms with E-state index >= 15 is 0 Å². The number of rotatable bonds is 9. The highest BCUT2D eigenvalue weighted by Crippen LogP contribution is 2.23. The number of likely N-dealkylation sites (N-methyl/N-ethyl adjacent to an activating group) is 1. The van der Waals surface area contributed by atoms with Crippen LogP contribution in [0.1, 0.15) is 83.5 Å². The van der Waals surface area contributed by atoms with Crippen molar-refractivity contribution in [3.63, 3.8) is 0 Å². The average molecular weight is 367 g/mol. The zero-order chi connectivity index (χ0) is 18.8. The maximum atomic E-state index is 12.3. The summed E-state index contributed by atoms with van der Waals surface area (Å²) >= 11 is 0.